The summed E-state index contributed by atoms with van der Waals surface area (Å²) in [5.74, 6) is 1.44. The number of hydrogen-bond acceptors (Lipinski definition) is 9. The first-order valence-corrected chi connectivity index (χ1v) is 10.5. The van der Waals surface area contributed by atoms with Gasteiger partial charge in [0, 0.05) is 31.9 Å². The van der Waals surface area contributed by atoms with Crippen LogP contribution in [0.5, 0.6) is 5.75 Å². The van der Waals surface area contributed by atoms with E-state index in [1.807, 2.05) is 52.4 Å². The zero-order valence-electron chi connectivity index (χ0n) is 19.8. The van der Waals surface area contributed by atoms with Crippen molar-refractivity contribution in [2.75, 3.05) is 57.3 Å². The number of nitrogens with one attached hydrogen (secondary N) is 1. The van der Waals surface area contributed by atoms with Crippen molar-refractivity contribution in [1.82, 2.24) is 29.4 Å². The Labute approximate surface area is 194 Å². The summed E-state index contributed by atoms with van der Waals surface area (Å²) in [7, 11) is 7.70. The van der Waals surface area contributed by atoms with E-state index >= 15 is 0 Å². The molecule has 1 aromatic carbocycles. The summed E-state index contributed by atoms with van der Waals surface area (Å²) in [6, 6.07) is 3.73. The van der Waals surface area contributed by atoms with E-state index in [4.69, 9.17) is 10.5 Å². The molecule has 0 amide bonds. The number of imidazole rings is 1. The summed E-state index contributed by atoms with van der Waals surface area (Å²) >= 11 is 0. The highest BCUT2D eigenvalue weighted by molar-refractivity contribution is 5.79. The topological polar surface area (TPSA) is 110 Å². The average molecular weight is 450 g/mol. The van der Waals surface area contributed by atoms with Crippen molar-refractivity contribution in [3.8, 4) is 11.7 Å². The van der Waals surface area contributed by atoms with Crippen LogP contribution in [-0.2, 0) is 0 Å². The molecule has 0 unspecified atom stereocenters. The van der Waals surface area contributed by atoms with Crippen LogP contribution in [0.3, 0.4) is 0 Å². The molecule has 0 aliphatic heterocycles. The molecule has 0 aliphatic rings. The van der Waals surface area contributed by atoms with Crippen molar-refractivity contribution >= 4 is 29.1 Å². The number of nitrogens with zero attached hydrogens (tertiary/aromatic N) is 7. The summed E-state index contributed by atoms with van der Waals surface area (Å²) < 4.78 is 7.40. The first-order valence-electron chi connectivity index (χ1n) is 10.5. The van der Waals surface area contributed by atoms with Crippen molar-refractivity contribution in [2.24, 2.45) is 0 Å². The molecule has 0 saturated heterocycles. The van der Waals surface area contributed by atoms with E-state index < -0.39 is 0 Å². The molecule has 0 atom stereocenters. The highest BCUT2D eigenvalue weighted by Gasteiger charge is 2.15. The van der Waals surface area contributed by atoms with Gasteiger partial charge in [0.25, 0.3) is 0 Å². The second-order valence-electron chi connectivity index (χ2n) is 7.75. The Morgan fingerprint density at radius 2 is 1.97 bits per heavy atom. The SMILES string of the molecule is C=C/C=C\c1ncn(-c2ncnc(Nc3cc(N)c(N(C)CCN(C)C)cc3OC)n2)c1C. The number of likely N-dealkylation sites (N-methyl/N-ethyl adjacent to an activating group) is 2. The van der Waals surface area contributed by atoms with Crippen LogP contribution in [0.25, 0.3) is 12.0 Å². The summed E-state index contributed by atoms with van der Waals surface area (Å²) in [5, 5.41) is 3.20. The number of hydrogen-bond donors (Lipinski definition) is 2. The lowest BCUT2D eigenvalue weighted by atomic mass is 10.2. The molecule has 0 radical (unpaired) electrons. The van der Waals surface area contributed by atoms with Gasteiger partial charge in [-0.3, -0.25) is 4.57 Å². The largest absolute Gasteiger partial charge is 0.494 e. The van der Waals surface area contributed by atoms with Crippen molar-refractivity contribution in [3.63, 3.8) is 0 Å². The third-order valence-corrected chi connectivity index (χ3v) is 5.10. The zero-order valence-corrected chi connectivity index (χ0v) is 19.8. The fraction of sp³-hybridized carbons (Fsp3) is 0.304. The molecule has 10 nitrogen and oxygen atoms in total. The van der Waals surface area contributed by atoms with Gasteiger partial charge in [-0.1, -0.05) is 18.7 Å². The third kappa shape index (κ3) is 5.66. The lowest BCUT2D eigenvalue weighted by Gasteiger charge is -2.24. The minimum atomic E-state index is 0.364. The molecule has 3 aromatic rings. The number of anilines is 4. The molecule has 174 valence electrons. The van der Waals surface area contributed by atoms with Gasteiger partial charge in [0.05, 0.1) is 29.9 Å². The van der Waals surface area contributed by atoms with Gasteiger partial charge in [0.2, 0.25) is 11.9 Å². The first-order chi connectivity index (χ1) is 15.8. The highest BCUT2D eigenvalue weighted by atomic mass is 16.5. The van der Waals surface area contributed by atoms with E-state index in [1.165, 1.54) is 6.33 Å². The second-order valence-corrected chi connectivity index (χ2v) is 7.75. The molecule has 0 fully saturated rings. The fourth-order valence-corrected chi connectivity index (χ4v) is 3.19. The number of benzene rings is 1. The van der Waals surface area contributed by atoms with Gasteiger partial charge in [-0.25, -0.2) is 15.0 Å². The fourth-order valence-electron chi connectivity index (χ4n) is 3.19. The number of aromatic nitrogens is 5. The maximum atomic E-state index is 6.36. The van der Waals surface area contributed by atoms with Crippen LogP contribution in [-0.4, -0.2) is 70.7 Å². The summed E-state index contributed by atoms with van der Waals surface area (Å²) in [4.78, 5) is 21.7. The number of allylic oxidation sites excluding steroid dienone is 2. The number of nitrogen functional groups attached to an aromatic ring is 1. The molecule has 3 N–H and O–H groups in total. The number of ether oxygens (including phenoxy) is 1. The minimum Gasteiger partial charge on any atom is -0.494 e. The minimum absolute atomic E-state index is 0.364. The van der Waals surface area contributed by atoms with Crippen LogP contribution in [0.4, 0.5) is 23.0 Å². The predicted molar refractivity (Wildman–Crippen MR) is 133 cm³/mol. The molecule has 0 aliphatic carbocycles. The van der Waals surface area contributed by atoms with Crippen molar-refractivity contribution in [3.05, 3.63) is 54.9 Å². The van der Waals surface area contributed by atoms with Crippen molar-refractivity contribution in [2.45, 2.75) is 6.92 Å². The number of rotatable bonds is 10. The van der Waals surface area contributed by atoms with E-state index in [0.29, 0.717) is 29.0 Å². The van der Waals surface area contributed by atoms with Gasteiger partial charge >= 0.3 is 0 Å². The van der Waals surface area contributed by atoms with E-state index in [2.05, 4.69) is 41.6 Å². The van der Waals surface area contributed by atoms with E-state index in [1.54, 1.807) is 24.1 Å². The Bertz CT molecular complexity index is 1140. The molecule has 0 bridgehead atoms. The van der Waals surface area contributed by atoms with Crippen molar-refractivity contribution < 1.29 is 4.74 Å². The third-order valence-electron chi connectivity index (χ3n) is 5.10. The molecular weight excluding hydrogens is 418 g/mol. The van der Waals surface area contributed by atoms with E-state index in [0.717, 1.165) is 30.2 Å². The molecule has 2 heterocycles. The van der Waals surface area contributed by atoms with Crippen LogP contribution >= 0.6 is 0 Å². The zero-order chi connectivity index (χ0) is 24.0. The Morgan fingerprint density at radius 1 is 1.18 bits per heavy atom. The maximum Gasteiger partial charge on any atom is 0.239 e. The quantitative estimate of drug-likeness (QED) is 0.356. The number of nitrogens with two attached hydrogens (primary N) is 1. The summed E-state index contributed by atoms with van der Waals surface area (Å²) in [6.07, 6.45) is 8.53. The number of methoxy groups -OCH3 is 1. The van der Waals surface area contributed by atoms with Crippen LogP contribution < -0.4 is 20.7 Å². The first kappa shape index (κ1) is 23.7. The van der Waals surface area contributed by atoms with Gasteiger partial charge in [0.15, 0.2) is 0 Å². The average Bonchev–Trinajstić information content (AvgIpc) is 3.16. The van der Waals surface area contributed by atoms with Crippen LogP contribution in [0.2, 0.25) is 0 Å². The molecule has 10 heteroatoms. The Morgan fingerprint density at radius 3 is 2.67 bits per heavy atom. The van der Waals surface area contributed by atoms with E-state index in [-0.39, 0.29) is 0 Å². The summed E-state index contributed by atoms with van der Waals surface area (Å²) in [5.41, 5.74) is 10.3. The molecule has 3 rings (SSSR count). The molecule has 33 heavy (non-hydrogen) atoms. The molecule has 2 aromatic heterocycles. The molecular formula is C23H31N9O. The summed E-state index contributed by atoms with van der Waals surface area (Å²) in [6.45, 7) is 7.37. The predicted octanol–water partition coefficient (Wildman–Crippen LogP) is 2.90. The Kier molecular flexibility index (Phi) is 7.62. The second kappa shape index (κ2) is 10.6. The molecule has 0 spiro atoms. The van der Waals surface area contributed by atoms with Crippen molar-refractivity contribution in [1.29, 1.82) is 0 Å². The van der Waals surface area contributed by atoms with Crippen LogP contribution in [0.15, 0.2) is 43.5 Å². The van der Waals surface area contributed by atoms with Gasteiger partial charge < -0.3 is 25.6 Å². The lowest BCUT2D eigenvalue weighted by Crippen LogP contribution is -2.29. The van der Waals surface area contributed by atoms with Gasteiger partial charge in [0.1, 0.15) is 18.4 Å². The Balaban J connectivity index is 1.87. The smallest absolute Gasteiger partial charge is 0.239 e. The lowest BCUT2D eigenvalue weighted by molar-refractivity contribution is 0.413. The highest BCUT2D eigenvalue weighted by Crippen LogP contribution is 2.36. The molecule has 0 saturated carbocycles. The van der Waals surface area contributed by atoms with Gasteiger partial charge in [-0.2, -0.15) is 4.98 Å². The Hall–Kier alpha value is -3.92. The van der Waals surface area contributed by atoms with E-state index in [9.17, 15) is 0 Å². The van der Waals surface area contributed by atoms with Crippen LogP contribution in [0, 0.1) is 6.92 Å². The van der Waals surface area contributed by atoms with Gasteiger partial charge in [-0.05, 0) is 33.2 Å². The standard InChI is InChI=1S/C23H31N9O/c1-7-8-9-18-16(2)32(15-27-18)23-26-14-25-22(29-23)28-19-12-17(24)20(13-21(19)33-6)31(5)11-10-30(3)4/h7-9,12-15H,1,10-11,24H2,2-6H3,(H,25,26,28,29)/b9-8-. The normalized spacial score (nSPS) is 11.2. The maximum absolute atomic E-state index is 6.36. The van der Waals surface area contributed by atoms with Gasteiger partial charge in [-0.15, -0.1) is 0 Å². The van der Waals surface area contributed by atoms with Crippen LogP contribution in [0.1, 0.15) is 11.4 Å². The monoisotopic (exact) mass is 449 g/mol.